The maximum atomic E-state index is 5.58. The molecule has 0 aliphatic carbocycles. The number of likely N-dealkylation sites (tertiary alicyclic amines) is 1. The Bertz CT molecular complexity index is 334. The molecule has 1 aromatic rings. The first-order valence-electron chi connectivity index (χ1n) is 6.79. The van der Waals surface area contributed by atoms with E-state index in [0.29, 0.717) is 5.82 Å². The first kappa shape index (κ1) is 12.4. The third-order valence-electron chi connectivity index (χ3n) is 3.59. The molecule has 0 aromatic carbocycles. The second kappa shape index (κ2) is 6.05. The molecule has 1 aliphatic heterocycles. The zero-order chi connectivity index (χ0) is 12.1. The lowest BCUT2D eigenvalue weighted by Crippen LogP contribution is -2.23. The van der Waals surface area contributed by atoms with E-state index in [-0.39, 0.29) is 0 Å². The Balaban J connectivity index is 1.63. The lowest BCUT2D eigenvalue weighted by Gasteiger charge is -2.15. The van der Waals surface area contributed by atoms with E-state index < -0.39 is 0 Å². The van der Waals surface area contributed by atoms with Crippen molar-refractivity contribution in [3.63, 3.8) is 0 Å². The van der Waals surface area contributed by atoms with Gasteiger partial charge >= 0.3 is 0 Å². The van der Waals surface area contributed by atoms with Gasteiger partial charge in [-0.1, -0.05) is 13.3 Å². The highest BCUT2D eigenvalue weighted by Crippen LogP contribution is 2.20. The van der Waals surface area contributed by atoms with E-state index in [1.807, 2.05) is 16.9 Å². The van der Waals surface area contributed by atoms with Gasteiger partial charge in [-0.25, -0.2) is 0 Å². The molecule has 1 atom stereocenters. The minimum atomic E-state index is 0.620. The summed E-state index contributed by atoms with van der Waals surface area (Å²) in [6.45, 7) is 7.04. The Morgan fingerprint density at radius 3 is 3.06 bits per heavy atom. The quantitative estimate of drug-likeness (QED) is 0.821. The molecule has 1 unspecified atom stereocenters. The summed E-state index contributed by atoms with van der Waals surface area (Å²) in [5.74, 6) is 1.56. The van der Waals surface area contributed by atoms with Crippen molar-refractivity contribution in [1.29, 1.82) is 0 Å². The molecular formula is C13H24N4. The van der Waals surface area contributed by atoms with Crippen molar-refractivity contribution in [1.82, 2.24) is 14.7 Å². The van der Waals surface area contributed by atoms with Crippen molar-refractivity contribution in [2.45, 2.75) is 39.2 Å². The van der Waals surface area contributed by atoms with Gasteiger partial charge in [0, 0.05) is 19.3 Å². The van der Waals surface area contributed by atoms with Crippen LogP contribution in [0.1, 0.15) is 32.6 Å². The zero-order valence-corrected chi connectivity index (χ0v) is 10.8. The van der Waals surface area contributed by atoms with E-state index in [4.69, 9.17) is 5.73 Å². The maximum Gasteiger partial charge on any atom is 0.145 e. The van der Waals surface area contributed by atoms with E-state index in [0.717, 1.165) is 12.5 Å². The van der Waals surface area contributed by atoms with Crippen LogP contribution in [0.3, 0.4) is 0 Å². The number of hydrogen-bond acceptors (Lipinski definition) is 3. The molecule has 96 valence electrons. The minimum Gasteiger partial charge on any atom is -0.382 e. The Morgan fingerprint density at radius 2 is 2.35 bits per heavy atom. The summed E-state index contributed by atoms with van der Waals surface area (Å²) in [4.78, 5) is 2.59. The average molecular weight is 236 g/mol. The lowest BCUT2D eigenvalue weighted by molar-refractivity contribution is 0.306. The molecule has 2 N–H and O–H groups in total. The number of aromatic nitrogens is 2. The number of aryl methyl sites for hydroxylation is 1. The van der Waals surface area contributed by atoms with Crippen LogP contribution >= 0.6 is 0 Å². The molecule has 0 bridgehead atoms. The monoisotopic (exact) mass is 236 g/mol. The number of hydrogen-bond donors (Lipinski definition) is 1. The van der Waals surface area contributed by atoms with Gasteiger partial charge in [-0.05, 0) is 44.3 Å². The molecule has 1 aliphatic rings. The van der Waals surface area contributed by atoms with Crippen LogP contribution in [0, 0.1) is 5.92 Å². The summed E-state index contributed by atoms with van der Waals surface area (Å²) in [5.41, 5.74) is 5.58. The van der Waals surface area contributed by atoms with Gasteiger partial charge in [0.2, 0.25) is 0 Å². The van der Waals surface area contributed by atoms with Crippen molar-refractivity contribution in [2.24, 2.45) is 5.92 Å². The summed E-state index contributed by atoms with van der Waals surface area (Å²) >= 11 is 0. The minimum absolute atomic E-state index is 0.620. The van der Waals surface area contributed by atoms with Gasteiger partial charge in [0.05, 0.1) is 0 Å². The van der Waals surface area contributed by atoms with Gasteiger partial charge in [-0.3, -0.25) is 4.68 Å². The first-order chi connectivity index (χ1) is 8.28. The van der Waals surface area contributed by atoms with E-state index in [2.05, 4.69) is 16.9 Å². The topological polar surface area (TPSA) is 47.1 Å². The number of nitrogens with two attached hydrogens (primary N) is 1. The second-order valence-corrected chi connectivity index (χ2v) is 5.10. The molecule has 0 spiro atoms. The molecule has 4 heteroatoms. The van der Waals surface area contributed by atoms with Crippen molar-refractivity contribution in [2.75, 3.05) is 25.4 Å². The highest BCUT2D eigenvalue weighted by Gasteiger charge is 2.20. The number of nitrogen functional groups attached to an aromatic ring is 1. The molecule has 2 heterocycles. The number of rotatable bonds is 6. The molecule has 0 saturated carbocycles. The summed E-state index contributed by atoms with van der Waals surface area (Å²) in [6.07, 6.45) is 7.24. The van der Waals surface area contributed by atoms with Crippen LogP contribution in [0.5, 0.6) is 0 Å². The van der Waals surface area contributed by atoms with Crippen LogP contribution in [0.25, 0.3) is 0 Å². The van der Waals surface area contributed by atoms with Gasteiger partial charge in [0.1, 0.15) is 5.82 Å². The number of anilines is 1. The molecule has 0 amide bonds. The SMILES string of the molecule is CCCC1CCN(CCCn2ccc(N)n2)C1. The standard InChI is InChI=1S/C13H24N4/c1-2-4-12-5-9-16(11-12)7-3-8-17-10-6-13(14)15-17/h6,10,12H,2-5,7-9,11H2,1H3,(H2,14,15). The van der Waals surface area contributed by atoms with Crippen molar-refractivity contribution < 1.29 is 0 Å². The fraction of sp³-hybridized carbons (Fsp3) is 0.769. The molecule has 1 saturated heterocycles. The van der Waals surface area contributed by atoms with Crippen LogP contribution in [0.2, 0.25) is 0 Å². The smallest absolute Gasteiger partial charge is 0.145 e. The fourth-order valence-corrected chi connectivity index (χ4v) is 2.72. The summed E-state index contributed by atoms with van der Waals surface area (Å²) < 4.78 is 1.94. The van der Waals surface area contributed by atoms with E-state index in [1.165, 1.54) is 45.3 Å². The van der Waals surface area contributed by atoms with Crippen LogP contribution < -0.4 is 5.73 Å². The highest BCUT2D eigenvalue weighted by molar-refractivity contribution is 5.23. The van der Waals surface area contributed by atoms with E-state index in [1.54, 1.807) is 0 Å². The predicted molar refractivity (Wildman–Crippen MR) is 70.7 cm³/mol. The zero-order valence-electron chi connectivity index (χ0n) is 10.8. The molecule has 2 rings (SSSR count). The second-order valence-electron chi connectivity index (χ2n) is 5.10. The van der Waals surface area contributed by atoms with Gasteiger partial charge in [-0.2, -0.15) is 5.10 Å². The van der Waals surface area contributed by atoms with Gasteiger partial charge in [-0.15, -0.1) is 0 Å². The number of nitrogens with zero attached hydrogens (tertiary/aromatic N) is 3. The Kier molecular flexibility index (Phi) is 4.42. The molecule has 0 radical (unpaired) electrons. The first-order valence-corrected chi connectivity index (χ1v) is 6.79. The van der Waals surface area contributed by atoms with Crippen molar-refractivity contribution in [3.05, 3.63) is 12.3 Å². The molecular weight excluding hydrogens is 212 g/mol. The largest absolute Gasteiger partial charge is 0.382 e. The Hall–Kier alpha value is -1.03. The summed E-state index contributed by atoms with van der Waals surface area (Å²) in [6, 6.07) is 1.85. The summed E-state index contributed by atoms with van der Waals surface area (Å²) in [7, 11) is 0. The molecule has 17 heavy (non-hydrogen) atoms. The molecule has 1 fully saturated rings. The Morgan fingerprint density at radius 1 is 1.47 bits per heavy atom. The summed E-state index contributed by atoms with van der Waals surface area (Å²) in [5, 5.41) is 4.20. The molecule has 1 aromatic heterocycles. The normalized spacial score (nSPS) is 21.1. The van der Waals surface area contributed by atoms with E-state index >= 15 is 0 Å². The van der Waals surface area contributed by atoms with Crippen LogP contribution in [-0.2, 0) is 6.54 Å². The van der Waals surface area contributed by atoms with Crippen molar-refractivity contribution in [3.8, 4) is 0 Å². The maximum absolute atomic E-state index is 5.58. The Labute approximate surface area is 104 Å². The third-order valence-corrected chi connectivity index (χ3v) is 3.59. The lowest BCUT2D eigenvalue weighted by atomic mass is 10.0. The van der Waals surface area contributed by atoms with E-state index in [9.17, 15) is 0 Å². The van der Waals surface area contributed by atoms with Crippen molar-refractivity contribution >= 4 is 5.82 Å². The predicted octanol–water partition coefficient (Wildman–Crippen LogP) is 1.98. The fourth-order valence-electron chi connectivity index (χ4n) is 2.72. The van der Waals surface area contributed by atoms with Gasteiger partial charge in [0.25, 0.3) is 0 Å². The molecule has 4 nitrogen and oxygen atoms in total. The van der Waals surface area contributed by atoms with Gasteiger partial charge < -0.3 is 10.6 Å². The van der Waals surface area contributed by atoms with Crippen LogP contribution in [0.15, 0.2) is 12.3 Å². The van der Waals surface area contributed by atoms with Crippen LogP contribution in [0.4, 0.5) is 5.82 Å². The third kappa shape index (κ3) is 3.73. The van der Waals surface area contributed by atoms with Gasteiger partial charge in [0.15, 0.2) is 0 Å². The highest BCUT2D eigenvalue weighted by atomic mass is 15.3. The van der Waals surface area contributed by atoms with Crippen LogP contribution in [-0.4, -0.2) is 34.3 Å². The average Bonchev–Trinajstić information content (AvgIpc) is 2.89.